The summed E-state index contributed by atoms with van der Waals surface area (Å²) in [5.41, 5.74) is 0.447. The lowest BCUT2D eigenvalue weighted by atomic mass is 9.92. The largest absolute Gasteiger partial charge is 0.388 e. The number of aromatic nitrogens is 3. The van der Waals surface area contributed by atoms with E-state index in [9.17, 15) is 9.90 Å². The molecule has 0 spiro atoms. The summed E-state index contributed by atoms with van der Waals surface area (Å²) in [4.78, 5) is 19.1. The number of nitrogens with zero attached hydrogens (tertiary/aromatic N) is 3. The number of rotatable bonds is 5. The van der Waals surface area contributed by atoms with Crippen LogP contribution in [0.3, 0.4) is 0 Å². The van der Waals surface area contributed by atoms with Gasteiger partial charge in [0.25, 0.3) is 0 Å². The molecule has 0 saturated carbocycles. The highest BCUT2D eigenvalue weighted by atomic mass is 16.5. The predicted octanol–water partition coefficient (Wildman–Crippen LogP) is 2.43. The lowest BCUT2D eigenvalue weighted by Crippen LogP contribution is -2.43. The van der Waals surface area contributed by atoms with Crippen molar-refractivity contribution in [2.45, 2.75) is 25.5 Å². The van der Waals surface area contributed by atoms with E-state index in [0.717, 1.165) is 35.4 Å². The van der Waals surface area contributed by atoms with E-state index in [0.29, 0.717) is 19.0 Å². The number of carbonyl (C=O) groups excluding carboxylic acids is 1. The Morgan fingerprint density at radius 2 is 2.00 bits per heavy atom. The maximum Gasteiger partial charge on any atom is 0.320 e. The van der Waals surface area contributed by atoms with Crippen molar-refractivity contribution < 1.29 is 14.6 Å². The van der Waals surface area contributed by atoms with Crippen LogP contribution < -0.4 is 15.5 Å². The number of benzene rings is 1. The van der Waals surface area contributed by atoms with E-state index in [4.69, 9.17) is 4.74 Å². The molecule has 3 heterocycles. The molecule has 1 atom stereocenters. The first-order valence-electron chi connectivity index (χ1n) is 9.93. The smallest absolute Gasteiger partial charge is 0.320 e. The first kappa shape index (κ1) is 20.1. The van der Waals surface area contributed by atoms with Crippen molar-refractivity contribution >= 4 is 28.6 Å². The number of morpholine rings is 1. The molecule has 3 aromatic rings. The Kier molecular flexibility index (Phi) is 5.56. The fraction of sp³-hybridized carbons (Fsp3) is 0.381. The molecule has 1 aliphatic rings. The predicted molar refractivity (Wildman–Crippen MR) is 115 cm³/mol. The SMILES string of the molecule is CC(C)(O)[C@@H](NC(=O)Nc1cc2[nH]nc(N3CCOCC3)c2cn1)c1ccccc1. The van der Waals surface area contributed by atoms with Crippen LogP contribution in [-0.4, -0.2) is 58.2 Å². The summed E-state index contributed by atoms with van der Waals surface area (Å²) in [6.07, 6.45) is 1.70. The zero-order valence-electron chi connectivity index (χ0n) is 17.1. The number of anilines is 2. The van der Waals surface area contributed by atoms with Gasteiger partial charge in [-0.3, -0.25) is 10.4 Å². The van der Waals surface area contributed by atoms with E-state index in [1.54, 1.807) is 26.1 Å². The van der Waals surface area contributed by atoms with Crippen LogP contribution in [0.4, 0.5) is 16.4 Å². The van der Waals surface area contributed by atoms with Crippen molar-refractivity contribution in [1.29, 1.82) is 0 Å². The van der Waals surface area contributed by atoms with Gasteiger partial charge in [-0.25, -0.2) is 9.78 Å². The summed E-state index contributed by atoms with van der Waals surface area (Å²) in [5, 5.41) is 24.4. The maximum absolute atomic E-state index is 12.6. The molecule has 2 amide bonds. The lowest BCUT2D eigenvalue weighted by molar-refractivity contribution is 0.0415. The van der Waals surface area contributed by atoms with Gasteiger partial charge in [0.05, 0.1) is 35.8 Å². The Morgan fingerprint density at radius 1 is 1.27 bits per heavy atom. The number of aromatic amines is 1. The van der Waals surface area contributed by atoms with E-state index in [1.807, 2.05) is 30.3 Å². The molecule has 158 valence electrons. The number of hydrogen-bond acceptors (Lipinski definition) is 6. The number of hydrogen-bond donors (Lipinski definition) is 4. The van der Waals surface area contributed by atoms with E-state index in [1.165, 1.54) is 0 Å². The monoisotopic (exact) mass is 410 g/mol. The highest BCUT2D eigenvalue weighted by Crippen LogP contribution is 2.27. The Labute approximate surface area is 174 Å². The minimum absolute atomic E-state index is 0.389. The molecule has 4 N–H and O–H groups in total. The molecule has 2 aromatic heterocycles. The van der Waals surface area contributed by atoms with E-state index >= 15 is 0 Å². The molecule has 0 radical (unpaired) electrons. The number of aliphatic hydroxyl groups is 1. The molecule has 4 rings (SSSR count). The standard InChI is InChI=1S/C21H26N6O3/c1-21(2,29)18(14-6-4-3-5-7-14)24-20(28)23-17-12-16-15(13-22-17)19(26-25-16)27-8-10-30-11-9-27/h3-7,12-13,18,29H,8-11H2,1-2H3,(H,25,26)(H2,22,23,24,28)/t18-/m0/s1. The average Bonchev–Trinajstić information content (AvgIpc) is 3.16. The molecule has 30 heavy (non-hydrogen) atoms. The van der Waals surface area contributed by atoms with Crippen LogP contribution in [-0.2, 0) is 4.74 Å². The molecule has 1 fully saturated rings. The summed E-state index contributed by atoms with van der Waals surface area (Å²) in [5.74, 6) is 1.22. The Morgan fingerprint density at radius 3 is 2.70 bits per heavy atom. The van der Waals surface area contributed by atoms with Gasteiger partial charge in [0.2, 0.25) is 0 Å². The van der Waals surface area contributed by atoms with Crippen molar-refractivity contribution in [2.24, 2.45) is 0 Å². The number of nitrogens with one attached hydrogen (secondary N) is 3. The van der Waals surface area contributed by atoms with Crippen LogP contribution in [0.2, 0.25) is 0 Å². The number of amides is 2. The van der Waals surface area contributed by atoms with Gasteiger partial charge in [-0.1, -0.05) is 30.3 Å². The van der Waals surface area contributed by atoms with Gasteiger partial charge in [-0.2, -0.15) is 5.10 Å². The van der Waals surface area contributed by atoms with Crippen LogP contribution in [0, 0.1) is 0 Å². The van der Waals surface area contributed by atoms with Gasteiger partial charge in [0, 0.05) is 25.4 Å². The van der Waals surface area contributed by atoms with E-state index < -0.39 is 17.7 Å². The zero-order valence-corrected chi connectivity index (χ0v) is 17.1. The van der Waals surface area contributed by atoms with Crippen molar-refractivity contribution in [1.82, 2.24) is 20.5 Å². The highest BCUT2D eigenvalue weighted by molar-refractivity contribution is 5.94. The quantitative estimate of drug-likeness (QED) is 0.514. The number of carbonyl (C=O) groups is 1. The van der Waals surface area contributed by atoms with Gasteiger partial charge in [-0.15, -0.1) is 0 Å². The second-order valence-corrected chi connectivity index (χ2v) is 7.86. The number of ether oxygens (including phenoxy) is 1. The number of H-pyrrole nitrogens is 1. The van der Waals surface area contributed by atoms with Crippen LogP contribution in [0.5, 0.6) is 0 Å². The number of fused-ring (bicyclic) bond motifs is 1. The molecule has 1 aromatic carbocycles. The van der Waals surface area contributed by atoms with Gasteiger partial charge in [-0.05, 0) is 19.4 Å². The molecule has 1 saturated heterocycles. The Hall–Kier alpha value is -3.17. The van der Waals surface area contributed by atoms with Gasteiger partial charge in [0.15, 0.2) is 5.82 Å². The van der Waals surface area contributed by atoms with Gasteiger partial charge < -0.3 is 20.1 Å². The molecular formula is C21H26N6O3. The summed E-state index contributed by atoms with van der Waals surface area (Å²) in [6, 6.07) is 10.1. The third-order valence-electron chi connectivity index (χ3n) is 5.09. The van der Waals surface area contributed by atoms with Crippen molar-refractivity contribution in [3.8, 4) is 0 Å². The molecule has 9 heteroatoms. The summed E-state index contributed by atoms with van der Waals surface area (Å²) in [6.45, 7) is 6.22. The van der Waals surface area contributed by atoms with Crippen LogP contribution >= 0.6 is 0 Å². The second-order valence-electron chi connectivity index (χ2n) is 7.86. The summed E-state index contributed by atoms with van der Waals surface area (Å²) < 4.78 is 5.39. The van der Waals surface area contributed by atoms with E-state index in [-0.39, 0.29) is 0 Å². The molecule has 1 aliphatic heterocycles. The third kappa shape index (κ3) is 4.37. The van der Waals surface area contributed by atoms with Crippen LogP contribution in [0.15, 0.2) is 42.6 Å². The normalized spacial score (nSPS) is 15.8. The Balaban J connectivity index is 1.48. The van der Waals surface area contributed by atoms with Gasteiger partial charge in [0.1, 0.15) is 5.82 Å². The zero-order chi connectivity index (χ0) is 21.1. The summed E-state index contributed by atoms with van der Waals surface area (Å²) >= 11 is 0. The molecule has 9 nitrogen and oxygen atoms in total. The topological polar surface area (TPSA) is 115 Å². The first-order valence-corrected chi connectivity index (χ1v) is 9.93. The fourth-order valence-corrected chi connectivity index (χ4v) is 3.58. The fourth-order valence-electron chi connectivity index (χ4n) is 3.58. The van der Waals surface area contributed by atoms with Crippen molar-refractivity contribution in [3.05, 3.63) is 48.2 Å². The molecule has 0 aliphatic carbocycles. The third-order valence-corrected chi connectivity index (χ3v) is 5.09. The molecule has 0 bridgehead atoms. The van der Waals surface area contributed by atoms with Crippen molar-refractivity contribution in [3.63, 3.8) is 0 Å². The highest BCUT2D eigenvalue weighted by Gasteiger charge is 2.30. The molecule has 0 unspecified atom stereocenters. The maximum atomic E-state index is 12.6. The average molecular weight is 410 g/mol. The van der Waals surface area contributed by atoms with Crippen LogP contribution in [0.25, 0.3) is 10.9 Å². The number of urea groups is 1. The first-order chi connectivity index (χ1) is 14.4. The Bertz CT molecular complexity index is 1010. The van der Waals surface area contributed by atoms with E-state index in [2.05, 4.69) is 30.7 Å². The van der Waals surface area contributed by atoms with Crippen molar-refractivity contribution in [2.75, 3.05) is 36.5 Å². The molecular weight excluding hydrogens is 384 g/mol. The summed E-state index contributed by atoms with van der Waals surface area (Å²) in [7, 11) is 0. The minimum Gasteiger partial charge on any atom is -0.388 e. The van der Waals surface area contributed by atoms with Crippen LogP contribution in [0.1, 0.15) is 25.5 Å². The number of pyridine rings is 1. The minimum atomic E-state index is -1.15. The lowest BCUT2D eigenvalue weighted by Gasteiger charge is -2.30. The second kappa shape index (κ2) is 8.29. The van der Waals surface area contributed by atoms with Gasteiger partial charge >= 0.3 is 6.03 Å².